The fourth-order valence-electron chi connectivity index (χ4n) is 2.60. The first kappa shape index (κ1) is 14.8. The Labute approximate surface area is 128 Å². The molecule has 22 heavy (non-hydrogen) atoms. The molecule has 7 heteroatoms. The van der Waals surface area contributed by atoms with Crippen molar-refractivity contribution >= 4 is 5.91 Å². The van der Waals surface area contributed by atoms with E-state index in [0.29, 0.717) is 25.4 Å². The lowest BCUT2D eigenvalue weighted by Gasteiger charge is -2.33. The Bertz CT molecular complexity index is 663. The van der Waals surface area contributed by atoms with E-state index < -0.39 is 6.10 Å². The van der Waals surface area contributed by atoms with Crippen LogP contribution >= 0.6 is 0 Å². The number of likely N-dealkylation sites (tertiary alicyclic amines) is 1. The van der Waals surface area contributed by atoms with Crippen LogP contribution in [0.3, 0.4) is 0 Å². The molecule has 0 aromatic carbocycles. The number of aryl methyl sites for hydroxylation is 1. The van der Waals surface area contributed by atoms with E-state index in [1.807, 2.05) is 20.0 Å². The van der Waals surface area contributed by atoms with Gasteiger partial charge in [0.15, 0.2) is 11.5 Å². The van der Waals surface area contributed by atoms with E-state index in [0.717, 1.165) is 12.0 Å². The van der Waals surface area contributed by atoms with Gasteiger partial charge < -0.3 is 14.5 Å². The molecule has 118 valence electrons. The zero-order valence-electron chi connectivity index (χ0n) is 12.8. The molecule has 2 aromatic heterocycles. The number of piperidine rings is 1. The summed E-state index contributed by atoms with van der Waals surface area (Å²) in [5, 5.41) is 17.9. The maximum Gasteiger partial charge on any atom is 0.276 e. The Morgan fingerprint density at radius 3 is 3.05 bits per heavy atom. The number of rotatable bonds is 3. The third-order valence-electron chi connectivity index (χ3n) is 4.06. The Kier molecular flexibility index (Phi) is 3.98. The molecule has 0 spiro atoms. The van der Waals surface area contributed by atoms with Crippen molar-refractivity contribution in [1.82, 2.24) is 19.8 Å². The van der Waals surface area contributed by atoms with E-state index >= 15 is 0 Å². The fraction of sp³-hybridized carbons (Fsp3) is 0.533. The van der Waals surface area contributed by atoms with Crippen LogP contribution in [0.4, 0.5) is 0 Å². The average molecular weight is 304 g/mol. The number of hydrogen-bond donors (Lipinski definition) is 1. The van der Waals surface area contributed by atoms with Gasteiger partial charge in [-0.1, -0.05) is 12.1 Å². The number of nitrogens with zero attached hydrogens (tertiary/aromatic N) is 4. The number of amides is 1. The number of hydrogen-bond acceptors (Lipinski definition) is 5. The number of aliphatic hydroxyl groups is 1. The van der Waals surface area contributed by atoms with Crippen molar-refractivity contribution in [3.63, 3.8) is 0 Å². The second-order valence-electron chi connectivity index (χ2n) is 5.98. The summed E-state index contributed by atoms with van der Waals surface area (Å²) in [6, 6.07) is 1.64. The van der Waals surface area contributed by atoms with E-state index in [4.69, 9.17) is 4.52 Å². The van der Waals surface area contributed by atoms with Crippen LogP contribution in [0.2, 0.25) is 0 Å². The van der Waals surface area contributed by atoms with Gasteiger partial charge in [-0.3, -0.25) is 9.48 Å². The van der Waals surface area contributed by atoms with Gasteiger partial charge in [-0.25, -0.2) is 0 Å². The Morgan fingerprint density at radius 2 is 2.36 bits per heavy atom. The highest BCUT2D eigenvalue weighted by Gasteiger charge is 2.29. The maximum absolute atomic E-state index is 12.4. The zero-order chi connectivity index (χ0) is 15.7. The summed E-state index contributed by atoms with van der Waals surface area (Å²) < 4.78 is 6.95. The van der Waals surface area contributed by atoms with Gasteiger partial charge in [0.2, 0.25) is 0 Å². The van der Waals surface area contributed by atoms with E-state index in [1.165, 1.54) is 0 Å². The van der Waals surface area contributed by atoms with E-state index in [2.05, 4.69) is 10.3 Å². The van der Waals surface area contributed by atoms with Crippen LogP contribution in [0.25, 0.3) is 0 Å². The molecule has 0 bridgehead atoms. The molecule has 0 aliphatic carbocycles. The summed E-state index contributed by atoms with van der Waals surface area (Å²) in [5.41, 5.74) is 1.34. The molecule has 2 aromatic rings. The molecule has 0 saturated carbocycles. The molecule has 2 atom stereocenters. The summed E-state index contributed by atoms with van der Waals surface area (Å²) in [7, 11) is 0. The summed E-state index contributed by atoms with van der Waals surface area (Å²) in [6.45, 7) is 5.38. The van der Waals surface area contributed by atoms with Crippen LogP contribution in [0.1, 0.15) is 35.2 Å². The second-order valence-corrected chi connectivity index (χ2v) is 5.98. The molecular weight excluding hydrogens is 284 g/mol. The predicted molar refractivity (Wildman–Crippen MR) is 78.3 cm³/mol. The van der Waals surface area contributed by atoms with Crippen molar-refractivity contribution in [2.75, 3.05) is 13.1 Å². The highest BCUT2D eigenvalue weighted by atomic mass is 16.5. The second kappa shape index (κ2) is 5.92. The first-order chi connectivity index (χ1) is 10.5. The van der Waals surface area contributed by atoms with Crippen molar-refractivity contribution in [3.8, 4) is 0 Å². The SMILES string of the molecule is Cc1cnn(Cc2cc(C(=O)N3CCC(C)C(O)C3)no2)c1. The van der Waals surface area contributed by atoms with E-state index in [9.17, 15) is 9.90 Å². The van der Waals surface area contributed by atoms with Crippen LogP contribution in [-0.2, 0) is 6.54 Å². The number of carbonyl (C=O) groups excluding carboxylic acids is 1. The summed E-state index contributed by atoms with van der Waals surface area (Å²) >= 11 is 0. The third kappa shape index (κ3) is 3.04. The van der Waals surface area contributed by atoms with Gasteiger partial charge in [-0.05, 0) is 24.8 Å². The van der Waals surface area contributed by atoms with Gasteiger partial charge in [0.25, 0.3) is 5.91 Å². The smallest absolute Gasteiger partial charge is 0.276 e. The Balaban J connectivity index is 1.66. The summed E-state index contributed by atoms with van der Waals surface area (Å²) in [6.07, 6.45) is 3.98. The number of carbonyl (C=O) groups is 1. The molecule has 7 nitrogen and oxygen atoms in total. The standard InChI is InChI=1S/C15H20N4O3/c1-10-6-16-19(7-10)8-12-5-13(17-22-12)15(21)18-4-3-11(2)14(20)9-18/h5-7,11,14,20H,3-4,8-9H2,1-2H3. The van der Waals surface area contributed by atoms with Gasteiger partial charge in [-0.2, -0.15) is 5.10 Å². The zero-order valence-corrected chi connectivity index (χ0v) is 12.8. The van der Waals surface area contributed by atoms with Crippen molar-refractivity contribution in [2.24, 2.45) is 5.92 Å². The lowest BCUT2D eigenvalue weighted by atomic mass is 9.96. The number of aromatic nitrogens is 3. The highest BCUT2D eigenvalue weighted by molar-refractivity contribution is 5.92. The van der Waals surface area contributed by atoms with Crippen LogP contribution in [0.5, 0.6) is 0 Å². The third-order valence-corrected chi connectivity index (χ3v) is 4.06. The molecule has 1 aliphatic rings. The lowest BCUT2D eigenvalue weighted by Crippen LogP contribution is -2.45. The van der Waals surface area contributed by atoms with Crippen molar-refractivity contribution in [1.29, 1.82) is 0 Å². The van der Waals surface area contributed by atoms with Gasteiger partial charge in [0.05, 0.1) is 12.3 Å². The van der Waals surface area contributed by atoms with Gasteiger partial charge in [-0.15, -0.1) is 0 Å². The van der Waals surface area contributed by atoms with Crippen LogP contribution in [-0.4, -0.2) is 50.0 Å². The topological polar surface area (TPSA) is 84.4 Å². The fourth-order valence-corrected chi connectivity index (χ4v) is 2.60. The largest absolute Gasteiger partial charge is 0.391 e. The van der Waals surface area contributed by atoms with Crippen molar-refractivity contribution in [2.45, 2.75) is 32.9 Å². The van der Waals surface area contributed by atoms with Crippen LogP contribution < -0.4 is 0 Å². The molecule has 1 saturated heterocycles. The van der Waals surface area contributed by atoms with E-state index in [1.54, 1.807) is 21.8 Å². The minimum atomic E-state index is -0.476. The highest BCUT2D eigenvalue weighted by Crippen LogP contribution is 2.19. The molecule has 2 unspecified atom stereocenters. The molecule has 1 aliphatic heterocycles. The monoisotopic (exact) mass is 304 g/mol. The van der Waals surface area contributed by atoms with Crippen molar-refractivity contribution < 1.29 is 14.4 Å². The van der Waals surface area contributed by atoms with Crippen LogP contribution in [0.15, 0.2) is 23.0 Å². The molecule has 1 fully saturated rings. The summed E-state index contributed by atoms with van der Waals surface area (Å²) in [5.74, 6) is 0.606. The van der Waals surface area contributed by atoms with Crippen LogP contribution in [0, 0.1) is 12.8 Å². The normalized spacial score (nSPS) is 22.0. The average Bonchev–Trinajstić information content (AvgIpc) is 3.11. The molecule has 3 rings (SSSR count). The van der Waals surface area contributed by atoms with Crippen molar-refractivity contribution in [3.05, 3.63) is 35.5 Å². The minimum absolute atomic E-state index is 0.197. The predicted octanol–water partition coefficient (Wildman–Crippen LogP) is 1.07. The maximum atomic E-state index is 12.4. The first-order valence-electron chi connectivity index (χ1n) is 7.45. The van der Waals surface area contributed by atoms with Gasteiger partial charge in [0, 0.05) is 25.4 Å². The quantitative estimate of drug-likeness (QED) is 0.917. The van der Waals surface area contributed by atoms with Gasteiger partial charge in [0.1, 0.15) is 6.54 Å². The molecule has 1 N–H and O–H groups in total. The van der Waals surface area contributed by atoms with E-state index in [-0.39, 0.29) is 17.5 Å². The molecule has 0 radical (unpaired) electrons. The molecule has 1 amide bonds. The lowest BCUT2D eigenvalue weighted by molar-refractivity contribution is 0.0243. The first-order valence-corrected chi connectivity index (χ1v) is 7.45. The summed E-state index contributed by atoms with van der Waals surface area (Å²) in [4.78, 5) is 14.0. The Morgan fingerprint density at radius 1 is 1.55 bits per heavy atom. The number of aliphatic hydroxyl groups excluding tert-OH is 1. The molecular formula is C15H20N4O3. The van der Waals surface area contributed by atoms with Gasteiger partial charge >= 0.3 is 0 Å². The molecule has 3 heterocycles. The number of β-amino-alcohol motifs (C(OH)–C–C–N with tert-alkyl or cyclic N) is 1. The Hall–Kier alpha value is -2.15. The minimum Gasteiger partial charge on any atom is -0.391 e.